The van der Waals surface area contributed by atoms with Crippen molar-refractivity contribution >= 4 is 0 Å². The lowest BCUT2D eigenvalue weighted by Crippen LogP contribution is -2.21. The van der Waals surface area contributed by atoms with E-state index in [1.54, 1.807) is 5.57 Å². The van der Waals surface area contributed by atoms with Gasteiger partial charge in [-0.2, -0.15) is 0 Å². The highest BCUT2D eigenvalue weighted by molar-refractivity contribution is 5.20. The van der Waals surface area contributed by atoms with E-state index in [0.717, 1.165) is 17.8 Å². The summed E-state index contributed by atoms with van der Waals surface area (Å²) in [5.41, 5.74) is 2.84. The Balaban J connectivity index is 1.95. The molecule has 0 aromatic heterocycles. The van der Waals surface area contributed by atoms with Gasteiger partial charge in [0.05, 0.1) is 0 Å². The van der Waals surface area contributed by atoms with Crippen LogP contribution < -0.4 is 0 Å². The van der Waals surface area contributed by atoms with Crippen LogP contribution in [0.25, 0.3) is 0 Å². The van der Waals surface area contributed by atoms with Crippen LogP contribution in [0.15, 0.2) is 12.2 Å². The molecule has 0 nitrogen and oxygen atoms in total. The Morgan fingerprint density at radius 1 is 1.13 bits per heavy atom. The molecule has 0 heterocycles. The predicted molar refractivity (Wildman–Crippen MR) is 64.6 cm³/mol. The summed E-state index contributed by atoms with van der Waals surface area (Å²) in [5.74, 6) is 2.88. The summed E-state index contributed by atoms with van der Waals surface area (Å²) in [6, 6.07) is 0. The first-order chi connectivity index (χ1) is 6.92. The van der Waals surface area contributed by atoms with Crippen LogP contribution in [0.3, 0.4) is 0 Å². The molecule has 0 aliphatic heterocycles. The first kappa shape index (κ1) is 9.93. The molecule has 0 saturated heterocycles. The lowest BCUT2D eigenvalue weighted by Gasteiger charge is -2.29. The smallest absolute Gasteiger partial charge is 0.0167 e. The van der Waals surface area contributed by atoms with Gasteiger partial charge < -0.3 is 0 Å². The van der Waals surface area contributed by atoms with Crippen molar-refractivity contribution in [2.24, 2.45) is 28.6 Å². The van der Waals surface area contributed by atoms with E-state index in [1.807, 2.05) is 0 Å². The average molecular weight is 204 g/mol. The van der Waals surface area contributed by atoms with Gasteiger partial charge in [-0.15, -0.1) is 0 Å². The van der Waals surface area contributed by atoms with Gasteiger partial charge in [-0.25, -0.2) is 0 Å². The van der Waals surface area contributed by atoms with Gasteiger partial charge >= 0.3 is 0 Å². The van der Waals surface area contributed by atoms with Gasteiger partial charge in [0.1, 0.15) is 0 Å². The average Bonchev–Trinajstić information content (AvgIpc) is 2.59. The summed E-state index contributed by atoms with van der Waals surface area (Å²) in [6.45, 7) is 11.8. The quantitative estimate of drug-likeness (QED) is 0.513. The van der Waals surface area contributed by atoms with Crippen molar-refractivity contribution in [3.63, 3.8) is 0 Å². The van der Waals surface area contributed by atoms with Crippen molar-refractivity contribution in [2.75, 3.05) is 0 Å². The highest BCUT2D eigenvalue weighted by Gasteiger charge is 2.61. The summed E-state index contributed by atoms with van der Waals surface area (Å²) in [6.07, 6.45) is 7.12. The Labute approximate surface area is 94.1 Å². The predicted octanol–water partition coefficient (Wildman–Crippen LogP) is 4.42. The highest BCUT2D eigenvalue weighted by Crippen LogP contribution is 2.70. The normalized spacial score (nSPS) is 51.9. The third-order valence-corrected chi connectivity index (χ3v) is 5.66. The van der Waals surface area contributed by atoms with Gasteiger partial charge in [0.2, 0.25) is 0 Å². The second-order valence-corrected chi connectivity index (χ2v) is 7.39. The van der Waals surface area contributed by atoms with E-state index in [4.69, 9.17) is 0 Å². The van der Waals surface area contributed by atoms with Crippen LogP contribution in [-0.2, 0) is 0 Å². The van der Waals surface area contributed by atoms with E-state index in [-0.39, 0.29) is 0 Å². The number of hydrogen-bond acceptors (Lipinski definition) is 0. The van der Waals surface area contributed by atoms with Crippen molar-refractivity contribution in [3.8, 4) is 0 Å². The van der Waals surface area contributed by atoms with Gasteiger partial charge in [0, 0.05) is 0 Å². The maximum Gasteiger partial charge on any atom is -0.0167 e. The zero-order valence-corrected chi connectivity index (χ0v) is 10.5. The fourth-order valence-electron chi connectivity index (χ4n) is 4.67. The van der Waals surface area contributed by atoms with Gasteiger partial charge in [0.15, 0.2) is 0 Å². The van der Waals surface area contributed by atoms with Crippen molar-refractivity contribution in [1.82, 2.24) is 0 Å². The fourth-order valence-corrected chi connectivity index (χ4v) is 4.67. The third kappa shape index (κ3) is 1.33. The molecule has 0 aromatic rings. The zero-order chi connectivity index (χ0) is 10.8. The monoisotopic (exact) mass is 204 g/mol. The van der Waals surface area contributed by atoms with Crippen molar-refractivity contribution < 1.29 is 0 Å². The largest absolute Gasteiger partial charge is 0.0996 e. The molecule has 0 aromatic carbocycles. The minimum Gasteiger partial charge on any atom is -0.0996 e. The summed E-state index contributed by atoms with van der Waals surface area (Å²) in [4.78, 5) is 0. The van der Waals surface area contributed by atoms with Crippen LogP contribution in [0.5, 0.6) is 0 Å². The third-order valence-electron chi connectivity index (χ3n) is 5.66. The molecule has 1 unspecified atom stereocenters. The Kier molecular flexibility index (Phi) is 1.79. The SMILES string of the molecule is C=C1CCC2[C@@H]1CC(C)(C)C[C@H]1C[C@@]21C. The Morgan fingerprint density at radius 2 is 1.87 bits per heavy atom. The highest BCUT2D eigenvalue weighted by atomic mass is 14.7. The first-order valence-electron chi connectivity index (χ1n) is 6.60. The van der Waals surface area contributed by atoms with Crippen LogP contribution in [0, 0.1) is 28.6 Å². The minimum atomic E-state index is 0.565. The molecular formula is C15H24. The molecule has 3 aliphatic carbocycles. The molecule has 3 fully saturated rings. The summed E-state index contributed by atoms with van der Waals surface area (Å²) >= 11 is 0. The molecule has 84 valence electrons. The molecule has 3 rings (SSSR count). The van der Waals surface area contributed by atoms with Crippen LogP contribution >= 0.6 is 0 Å². The Morgan fingerprint density at radius 3 is 2.60 bits per heavy atom. The van der Waals surface area contributed by atoms with Crippen molar-refractivity contribution in [1.29, 1.82) is 0 Å². The second-order valence-electron chi connectivity index (χ2n) is 7.39. The van der Waals surface area contributed by atoms with Gasteiger partial charge in [-0.05, 0) is 60.7 Å². The van der Waals surface area contributed by atoms with E-state index >= 15 is 0 Å². The van der Waals surface area contributed by atoms with E-state index < -0.39 is 0 Å². The Bertz CT molecular complexity index is 312. The van der Waals surface area contributed by atoms with Gasteiger partial charge in [0.25, 0.3) is 0 Å². The maximum atomic E-state index is 4.33. The Hall–Kier alpha value is -0.260. The number of hydrogen-bond donors (Lipinski definition) is 0. The lowest BCUT2D eigenvalue weighted by molar-refractivity contribution is 0.232. The van der Waals surface area contributed by atoms with Crippen LogP contribution in [0.1, 0.15) is 52.9 Å². The van der Waals surface area contributed by atoms with Crippen molar-refractivity contribution in [2.45, 2.75) is 52.9 Å². The fraction of sp³-hybridized carbons (Fsp3) is 0.867. The lowest BCUT2D eigenvalue weighted by atomic mass is 9.75. The summed E-state index contributed by atoms with van der Waals surface area (Å²) < 4.78 is 0. The first-order valence-corrected chi connectivity index (χ1v) is 6.60. The van der Waals surface area contributed by atoms with Crippen molar-refractivity contribution in [3.05, 3.63) is 12.2 Å². The summed E-state index contributed by atoms with van der Waals surface area (Å²) in [7, 11) is 0. The molecule has 0 spiro atoms. The second kappa shape index (κ2) is 2.70. The number of allylic oxidation sites excluding steroid dienone is 1. The molecule has 4 atom stereocenters. The zero-order valence-electron chi connectivity index (χ0n) is 10.5. The van der Waals surface area contributed by atoms with E-state index in [9.17, 15) is 0 Å². The molecular weight excluding hydrogens is 180 g/mol. The molecule has 0 radical (unpaired) electrons. The molecule has 0 heteroatoms. The van der Waals surface area contributed by atoms with Crippen LogP contribution in [0.2, 0.25) is 0 Å². The standard InChI is InChI=1S/C15H24/c1-10-5-6-13-12(10)9-14(2,3)7-11-8-15(11,13)4/h11-13H,1,5-9H2,2-4H3/t11-,12+,13?,15+/m0/s1. The topological polar surface area (TPSA) is 0 Å². The van der Waals surface area contributed by atoms with Gasteiger partial charge in [-0.3, -0.25) is 0 Å². The van der Waals surface area contributed by atoms with Crippen LogP contribution in [-0.4, -0.2) is 0 Å². The molecule has 0 N–H and O–H groups in total. The molecule has 3 saturated carbocycles. The maximum absolute atomic E-state index is 4.33. The molecule has 15 heavy (non-hydrogen) atoms. The van der Waals surface area contributed by atoms with E-state index in [0.29, 0.717) is 10.8 Å². The summed E-state index contributed by atoms with van der Waals surface area (Å²) in [5, 5.41) is 0. The van der Waals surface area contributed by atoms with Gasteiger partial charge in [-0.1, -0.05) is 32.9 Å². The van der Waals surface area contributed by atoms with Crippen LogP contribution in [0.4, 0.5) is 0 Å². The van der Waals surface area contributed by atoms with E-state index in [1.165, 1.54) is 32.1 Å². The van der Waals surface area contributed by atoms with E-state index in [2.05, 4.69) is 27.4 Å². The number of rotatable bonds is 0. The minimum absolute atomic E-state index is 0.565. The molecule has 0 bridgehead atoms. The molecule has 3 aliphatic rings. The molecule has 0 amide bonds. The number of fused-ring (bicyclic) bond motifs is 3.